The molecule has 0 bridgehead atoms. The highest BCUT2D eigenvalue weighted by Crippen LogP contribution is 2.58. The zero-order valence-electron chi connectivity index (χ0n) is 7.05. The summed E-state index contributed by atoms with van der Waals surface area (Å²) in [6.07, 6.45) is 7.80. The van der Waals surface area contributed by atoms with Crippen LogP contribution in [-0.2, 0) is 4.79 Å². The van der Waals surface area contributed by atoms with Crippen LogP contribution in [0.1, 0.15) is 32.1 Å². The van der Waals surface area contributed by atoms with Crippen molar-refractivity contribution in [1.82, 2.24) is 0 Å². The molecule has 2 rings (SSSR count). The Kier molecular flexibility index (Phi) is 1.99. The predicted molar refractivity (Wildman–Crippen MR) is 49.0 cm³/mol. The lowest BCUT2D eigenvalue weighted by Gasteiger charge is -2.53. The largest absolute Gasteiger partial charge is 0.295 e. The highest BCUT2D eigenvalue weighted by atomic mass is 35.5. The zero-order chi connectivity index (χ0) is 8.60. The topological polar surface area (TPSA) is 17.1 Å². The molecule has 0 radical (unpaired) electrons. The number of halogens is 1. The smallest absolute Gasteiger partial charge is 0.159 e. The summed E-state index contributed by atoms with van der Waals surface area (Å²) in [6, 6.07) is 0. The lowest BCUT2D eigenvalue weighted by Crippen LogP contribution is -2.45. The summed E-state index contributed by atoms with van der Waals surface area (Å²) in [5.41, 5.74) is 1.93. The Morgan fingerprint density at radius 2 is 2.08 bits per heavy atom. The van der Waals surface area contributed by atoms with Crippen molar-refractivity contribution in [1.29, 1.82) is 0 Å². The molecule has 66 valence electrons. The molecule has 1 nitrogen and oxygen atoms in total. The van der Waals surface area contributed by atoms with E-state index in [1.165, 1.54) is 30.9 Å². The minimum absolute atomic E-state index is 0.225. The number of allylic oxidation sites excluding steroid dienone is 1. The Morgan fingerprint density at radius 1 is 1.42 bits per heavy atom. The lowest BCUT2D eigenvalue weighted by molar-refractivity contribution is -0.129. The van der Waals surface area contributed by atoms with Gasteiger partial charge in [-0.05, 0) is 37.2 Å². The van der Waals surface area contributed by atoms with Crippen molar-refractivity contribution in [2.45, 2.75) is 32.1 Å². The van der Waals surface area contributed by atoms with Crippen LogP contribution in [0.5, 0.6) is 0 Å². The van der Waals surface area contributed by atoms with Gasteiger partial charge in [0, 0.05) is 11.5 Å². The predicted octanol–water partition coefficient (Wildman–Crippen LogP) is 2.89. The molecule has 0 aromatic carbocycles. The van der Waals surface area contributed by atoms with E-state index in [-0.39, 0.29) is 5.78 Å². The van der Waals surface area contributed by atoms with Gasteiger partial charge in [0.2, 0.25) is 0 Å². The summed E-state index contributed by atoms with van der Waals surface area (Å²) in [7, 11) is 0. The van der Waals surface area contributed by atoms with E-state index in [4.69, 9.17) is 11.6 Å². The minimum atomic E-state index is 0.225. The van der Waals surface area contributed by atoms with Gasteiger partial charge in [-0.2, -0.15) is 0 Å². The van der Waals surface area contributed by atoms with E-state index < -0.39 is 0 Å². The standard InChI is InChI=1S/C10H13ClO/c11-5-2-9(12)8-6-10(7-8)3-1-4-10/h2,5,8H,1,3-4,6-7H2/b5-2+. The third-order valence-corrected chi connectivity index (χ3v) is 3.53. The van der Waals surface area contributed by atoms with Gasteiger partial charge < -0.3 is 0 Å². The normalized spacial score (nSPS) is 27.1. The summed E-state index contributed by atoms with van der Waals surface area (Å²) in [6.45, 7) is 0. The molecular formula is C10H13ClO. The molecule has 0 N–H and O–H groups in total. The molecule has 0 aromatic rings. The fourth-order valence-electron chi connectivity index (χ4n) is 2.47. The quantitative estimate of drug-likeness (QED) is 0.604. The molecule has 1 spiro atoms. The maximum absolute atomic E-state index is 11.3. The fraction of sp³-hybridized carbons (Fsp3) is 0.700. The first-order valence-corrected chi connectivity index (χ1v) is 5.00. The second-order valence-corrected chi connectivity index (χ2v) is 4.41. The molecule has 2 heteroatoms. The molecule has 2 saturated carbocycles. The molecule has 2 aliphatic carbocycles. The summed E-state index contributed by atoms with van der Waals surface area (Å²) in [5.74, 6) is 0.517. The molecule has 0 aliphatic heterocycles. The Balaban J connectivity index is 1.84. The van der Waals surface area contributed by atoms with Crippen molar-refractivity contribution in [3.8, 4) is 0 Å². The monoisotopic (exact) mass is 184 g/mol. The van der Waals surface area contributed by atoms with Gasteiger partial charge in [-0.25, -0.2) is 0 Å². The van der Waals surface area contributed by atoms with E-state index in [1.807, 2.05) is 0 Å². The first kappa shape index (κ1) is 8.31. The number of carbonyl (C=O) groups excluding carboxylic acids is 1. The fourth-order valence-corrected chi connectivity index (χ4v) is 2.59. The molecule has 2 fully saturated rings. The number of ketones is 1. The van der Waals surface area contributed by atoms with E-state index in [2.05, 4.69) is 0 Å². The Morgan fingerprint density at radius 3 is 2.50 bits per heavy atom. The van der Waals surface area contributed by atoms with Crippen LogP contribution in [0.25, 0.3) is 0 Å². The minimum Gasteiger partial charge on any atom is -0.295 e. The van der Waals surface area contributed by atoms with Gasteiger partial charge in [0.05, 0.1) is 0 Å². The van der Waals surface area contributed by atoms with Crippen molar-refractivity contribution >= 4 is 17.4 Å². The van der Waals surface area contributed by atoms with Gasteiger partial charge in [0.25, 0.3) is 0 Å². The molecule has 12 heavy (non-hydrogen) atoms. The van der Waals surface area contributed by atoms with Crippen LogP contribution in [0.2, 0.25) is 0 Å². The third-order valence-electron chi connectivity index (χ3n) is 3.40. The zero-order valence-corrected chi connectivity index (χ0v) is 7.81. The molecule has 0 amide bonds. The Labute approximate surface area is 77.8 Å². The number of carbonyl (C=O) groups is 1. The highest BCUT2D eigenvalue weighted by molar-refractivity contribution is 6.26. The number of hydrogen-bond donors (Lipinski definition) is 0. The van der Waals surface area contributed by atoms with Gasteiger partial charge in [-0.3, -0.25) is 4.79 Å². The summed E-state index contributed by atoms with van der Waals surface area (Å²) < 4.78 is 0. The van der Waals surface area contributed by atoms with Crippen molar-refractivity contribution in [3.63, 3.8) is 0 Å². The second-order valence-electron chi connectivity index (χ2n) is 4.15. The van der Waals surface area contributed by atoms with E-state index >= 15 is 0 Å². The van der Waals surface area contributed by atoms with Crippen LogP contribution < -0.4 is 0 Å². The third kappa shape index (κ3) is 1.20. The van der Waals surface area contributed by atoms with Gasteiger partial charge in [0.15, 0.2) is 5.78 Å². The summed E-state index contributed by atoms with van der Waals surface area (Å²) >= 11 is 5.34. The van der Waals surface area contributed by atoms with Crippen LogP contribution in [-0.4, -0.2) is 5.78 Å². The lowest BCUT2D eigenvalue weighted by atomic mass is 9.51. The average Bonchev–Trinajstić information content (AvgIpc) is 1.81. The molecule has 0 unspecified atom stereocenters. The van der Waals surface area contributed by atoms with Crippen LogP contribution in [0, 0.1) is 11.3 Å². The molecule has 2 aliphatic rings. The first-order chi connectivity index (χ1) is 5.76. The van der Waals surface area contributed by atoms with Gasteiger partial charge in [-0.15, -0.1) is 0 Å². The second kappa shape index (κ2) is 2.88. The number of rotatable bonds is 2. The maximum Gasteiger partial charge on any atom is 0.159 e. The Hall–Kier alpha value is -0.300. The average molecular weight is 185 g/mol. The van der Waals surface area contributed by atoms with Crippen LogP contribution in [0.15, 0.2) is 11.6 Å². The highest BCUT2D eigenvalue weighted by Gasteiger charge is 2.49. The number of hydrogen-bond acceptors (Lipinski definition) is 1. The Bertz CT molecular complexity index is 220. The van der Waals surface area contributed by atoms with E-state index in [0.717, 1.165) is 12.8 Å². The van der Waals surface area contributed by atoms with Crippen molar-refractivity contribution in [3.05, 3.63) is 11.6 Å². The van der Waals surface area contributed by atoms with Crippen molar-refractivity contribution in [2.75, 3.05) is 0 Å². The van der Waals surface area contributed by atoms with E-state index in [0.29, 0.717) is 11.3 Å². The van der Waals surface area contributed by atoms with Crippen molar-refractivity contribution < 1.29 is 4.79 Å². The van der Waals surface area contributed by atoms with Gasteiger partial charge in [-0.1, -0.05) is 18.0 Å². The molecule has 0 saturated heterocycles. The molecular weight excluding hydrogens is 172 g/mol. The maximum atomic E-state index is 11.3. The van der Waals surface area contributed by atoms with Gasteiger partial charge in [0.1, 0.15) is 0 Å². The summed E-state index contributed by atoms with van der Waals surface area (Å²) in [5, 5.41) is 0. The van der Waals surface area contributed by atoms with E-state index in [9.17, 15) is 4.79 Å². The molecule has 0 heterocycles. The molecule has 0 atom stereocenters. The van der Waals surface area contributed by atoms with Crippen molar-refractivity contribution in [2.24, 2.45) is 11.3 Å². The SMILES string of the molecule is O=C(/C=C/Cl)C1CC2(CCC2)C1. The van der Waals surface area contributed by atoms with E-state index in [1.54, 1.807) is 0 Å². The van der Waals surface area contributed by atoms with Gasteiger partial charge >= 0.3 is 0 Å². The van der Waals surface area contributed by atoms with Crippen LogP contribution in [0.3, 0.4) is 0 Å². The summed E-state index contributed by atoms with van der Waals surface area (Å²) in [4.78, 5) is 11.3. The van der Waals surface area contributed by atoms with Crippen LogP contribution >= 0.6 is 11.6 Å². The first-order valence-electron chi connectivity index (χ1n) is 4.56. The molecule has 0 aromatic heterocycles. The van der Waals surface area contributed by atoms with Crippen LogP contribution in [0.4, 0.5) is 0 Å².